The highest BCUT2D eigenvalue weighted by molar-refractivity contribution is 5.45. The van der Waals surface area contributed by atoms with Crippen LogP contribution >= 0.6 is 0 Å². The van der Waals surface area contributed by atoms with Crippen LogP contribution in [0, 0.1) is 11.6 Å². The lowest BCUT2D eigenvalue weighted by molar-refractivity contribution is 0.122. The molecule has 0 amide bonds. The highest BCUT2D eigenvalue weighted by atomic mass is 19.2. The molecule has 29 heavy (non-hydrogen) atoms. The van der Waals surface area contributed by atoms with Crippen molar-refractivity contribution in [3.63, 3.8) is 0 Å². The summed E-state index contributed by atoms with van der Waals surface area (Å²) in [5.41, 5.74) is 0.144. The second-order valence-corrected chi connectivity index (χ2v) is 7.64. The van der Waals surface area contributed by atoms with Gasteiger partial charge in [0.1, 0.15) is 5.82 Å². The third-order valence-corrected chi connectivity index (χ3v) is 5.69. The SMILES string of the molecule is O=c1cc(N2CCOCC2)nc(N2CCCCCC2Cc2cccc(F)c2F)[nH]1. The van der Waals surface area contributed by atoms with Gasteiger partial charge in [-0.2, -0.15) is 4.98 Å². The van der Waals surface area contributed by atoms with E-state index in [1.54, 1.807) is 6.07 Å². The number of halogens is 2. The van der Waals surface area contributed by atoms with E-state index in [-0.39, 0.29) is 11.6 Å². The molecule has 3 heterocycles. The Morgan fingerprint density at radius 3 is 2.79 bits per heavy atom. The first kappa shape index (κ1) is 19.8. The summed E-state index contributed by atoms with van der Waals surface area (Å²) >= 11 is 0. The summed E-state index contributed by atoms with van der Waals surface area (Å²) < 4.78 is 33.3. The molecule has 8 heteroatoms. The van der Waals surface area contributed by atoms with Crippen LogP contribution in [0.5, 0.6) is 0 Å². The first-order chi connectivity index (χ1) is 14.1. The number of anilines is 2. The lowest BCUT2D eigenvalue weighted by Gasteiger charge is -2.32. The fourth-order valence-corrected chi connectivity index (χ4v) is 4.15. The topological polar surface area (TPSA) is 61.5 Å². The zero-order valence-electron chi connectivity index (χ0n) is 16.4. The summed E-state index contributed by atoms with van der Waals surface area (Å²) in [6.07, 6.45) is 4.24. The van der Waals surface area contributed by atoms with Crippen molar-refractivity contribution >= 4 is 11.8 Å². The van der Waals surface area contributed by atoms with Crippen molar-refractivity contribution in [2.24, 2.45) is 0 Å². The second-order valence-electron chi connectivity index (χ2n) is 7.64. The Kier molecular flexibility index (Phi) is 6.08. The van der Waals surface area contributed by atoms with E-state index in [1.165, 1.54) is 12.1 Å². The number of nitrogens with one attached hydrogen (secondary N) is 1. The predicted molar refractivity (Wildman–Crippen MR) is 108 cm³/mol. The minimum absolute atomic E-state index is 0.0584. The van der Waals surface area contributed by atoms with E-state index in [2.05, 4.69) is 9.88 Å². The molecular formula is C21H26F2N4O2. The molecule has 2 aromatic rings. The van der Waals surface area contributed by atoms with Crippen LogP contribution in [0.15, 0.2) is 29.1 Å². The van der Waals surface area contributed by atoms with Crippen LogP contribution in [0.1, 0.15) is 31.2 Å². The second kappa shape index (κ2) is 8.90. The van der Waals surface area contributed by atoms with Crippen molar-refractivity contribution in [3.05, 3.63) is 51.8 Å². The van der Waals surface area contributed by atoms with Gasteiger partial charge in [0.15, 0.2) is 11.6 Å². The third kappa shape index (κ3) is 4.58. The van der Waals surface area contributed by atoms with Crippen molar-refractivity contribution in [3.8, 4) is 0 Å². The molecule has 1 N–H and O–H groups in total. The van der Waals surface area contributed by atoms with Gasteiger partial charge < -0.3 is 14.5 Å². The molecule has 2 fully saturated rings. The van der Waals surface area contributed by atoms with Gasteiger partial charge in [-0.3, -0.25) is 9.78 Å². The van der Waals surface area contributed by atoms with E-state index >= 15 is 0 Å². The number of nitrogens with zero attached hydrogens (tertiary/aromatic N) is 3. The minimum atomic E-state index is -0.830. The molecular weight excluding hydrogens is 378 g/mol. The molecule has 156 valence electrons. The van der Waals surface area contributed by atoms with Gasteiger partial charge in [-0.25, -0.2) is 8.78 Å². The van der Waals surface area contributed by atoms with Crippen molar-refractivity contribution in [2.75, 3.05) is 42.6 Å². The number of benzene rings is 1. The number of aromatic nitrogens is 2. The largest absolute Gasteiger partial charge is 0.378 e. The van der Waals surface area contributed by atoms with Crippen molar-refractivity contribution in [1.82, 2.24) is 9.97 Å². The maximum Gasteiger partial charge on any atom is 0.254 e. The van der Waals surface area contributed by atoms with Gasteiger partial charge in [0.25, 0.3) is 5.56 Å². The summed E-state index contributed by atoms with van der Waals surface area (Å²) in [5.74, 6) is -0.488. The van der Waals surface area contributed by atoms with E-state index in [9.17, 15) is 13.6 Å². The molecule has 2 aliphatic rings. The Morgan fingerprint density at radius 2 is 1.97 bits per heavy atom. The predicted octanol–water partition coefficient (Wildman–Crippen LogP) is 2.88. The number of rotatable bonds is 4. The summed E-state index contributed by atoms with van der Waals surface area (Å²) in [6, 6.07) is 5.75. The average Bonchev–Trinajstić information content (AvgIpc) is 2.97. The fourth-order valence-electron chi connectivity index (χ4n) is 4.15. The lowest BCUT2D eigenvalue weighted by atomic mass is 10.0. The van der Waals surface area contributed by atoms with Gasteiger partial charge in [-0.05, 0) is 30.9 Å². The van der Waals surface area contributed by atoms with Gasteiger partial charge in [-0.15, -0.1) is 0 Å². The summed E-state index contributed by atoms with van der Waals surface area (Å²) in [4.78, 5) is 24.0. The Balaban J connectivity index is 1.64. The summed E-state index contributed by atoms with van der Waals surface area (Å²) in [7, 11) is 0. The number of hydrogen-bond acceptors (Lipinski definition) is 5. The van der Waals surface area contributed by atoms with Gasteiger partial charge in [0.2, 0.25) is 5.95 Å². The molecule has 0 bridgehead atoms. The molecule has 1 aromatic heterocycles. The Hall–Kier alpha value is -2.48. The third-order valence-electron chi connectivity index (χ3n) is 5.69. The molecule has 1 aromatic carbocycles. The lowest BCUT2D eigenvalue weighted by Crippen LogP contribution is -2.41. The molecule has 2 saturated heterocycles. The van der Waals surface area contributed by atoms with Crippen LogP contribution < -0.4 is 15.4 Å². The van der Waals surface area contributed by atoms with Crippen LogP contribution in [0.25, 0.3) is 0 Å². The first-order valence-corrected chi connectivity index (χ1v) is 10.3. The number of hydrogen-bond donors (Lipinski definition) is 1. The molecule has 4 rings (SSSR count). The molecule has 2 aliphatic heterocycles. The van der Waals surface area contributed by atoms with Crippen LogP contribution in [0.3, 0.4) is 0 Å². The van der Waals surface area contributed by atoms with Crippen LogP contribution in [0.2, 0.25) is 0 Å². The van der Waals surface area contributed by atoms with Gasteiger partial charge in [-0.1, -0.05) is 25.0 Å². The smallest absolute Gasteiger partial charge is 0.254 e. The number of H-pyrrole nitrogens is 1. The number of morpholine rings is 1. The maximum absolute atomic E-state index is 14.3. The molecule has 6 nitrogen and oxygen atoms in total. The Labute approximate surface area is 168 Å². The number of ether oxygens (including phenoxy) is 1. The van der Waals surface area contributed by atoms with Gasteiger partial charge in [0.05, 0.1) is 13.2 Å². The number of aromatic amines is 1. The van der Waals surface area contributed by atoms with Crippen molar-refractivity contribution in [2.45, 2.75) is 38.1 Å². The highest BCUT2D eigenvalue weighted by Crippen LogP contribution is 2.26. The van der Waals surface area contributed by atoms with Crippen molar-refractivity contribution in [1.29, 1.82) is 0 Å². The summed E-state index contributed by atoms with van der Waals surface area (Å²) in [5, 5.41) is 0. The molecule has 0 saturated carbocycles. The van der Waals surface area contributed by atoms with E-state index in [0.29, 0.717) is 50.1 Å². The fraction of sp³-hybridized carbons (Fsp3) is 0.524. The average molecular weight is 404 g/mol. The summed E-state index contributed by atoms with van der Waals surface area (Å²) in [6.45, 7) is 3.31. The monoisotopic (exact) mass is 404 g/mol. The maximum atomic E-state index is 14.3. The molecule has 1 atom stereocenters. The quantitative estimate of drug-likeness (QED) is 0.849. The molecule has 0 aliphatic carbocycles. The Morgan fingerprint density at radius 1 is 1.14 bits per heavy atom. The first-order valence-electron chi connectivity index (χ1n) is 10.3. The normalized spacial score (nSPS) is 20.6. The van der Waals surface area contributed by atoms with Crippen LogP contribution in [-0.2, 0) is 11.2 Å². The standard InChI is InChI=1S/C21H26F2N4O2/c22-17-7-4-5-15(20(17)23)13-16-6-2-1-3-8-27(16)21-24-18(14-19(28)25-21)26-9-11-29-12-10-26/h4-5,7,14,16H,1-3,6,8-13H2,(H,24,25,28). The van der Waals surface area contributed by atoms with E-state index < -0.39 is 11.6 Å². The van der Waals surface area contributed by atoms with Crippen LogP contribution in [0.4, 0.5) is 20.5 Å². The van der Waals surface area contributed by atoms with E-state index in [1.807, 2.05) is 4.90 Å². The molecule has 0 radical (unpaired) electrons. The Bertz CT molecular complexity index is 898. The van der Waals surface area contributed by atoms with Gasteiger partial charge >= 0.3 is 0 Å². The van der Waals surface area contributed by atoms with E-state index in [4.69, 9.17) is 9.72 Å². The molecule has 1 unspecified atom stereocenters. The van der Waals surface area contributed by atoms with Crippen molar-refractivity contribution < 1.29 is 13.5 Å². The zero-order chi connectivity index (χ0) is 20.2. The van der Waals surface area contributed by atoms with E-state index in [0.717, 1.165) is 38.3 Å². The van der Waals surface area contributed by atoms with Gasteiger partial charge in [0, 0.05) is 31.7 Å². The molecule has 0 spiro atoms. The minimum Gasteiger partial charge on any atom is -0.378 e. The highest BCUT2D eigenvalue weighted by Gasteiger charge is 2.26. The van der Waals surface area contributed by atoms with Crippen LogP contribution in [-0.4, -0.2) is 48.9 Å². The zero-order valence-corrected chi connectivity index (χ0v) is 16.4.